The first-order valence-corrected chi connectivity index (χ1v) is 8.80. The van der Waals surface area contributed by atoms with Crippen molar-refractivity contribution in [3.8, 4) is 0 Å². The van der Waals surface area contributed by atoms with Crippen molar-refractivity contribution in [3.05, 3.63) is 35.4 Å². The van der Waals surface area contributed by atoms with Crippen molar-refractivity contribution >= 4 is 11.9 Å². The van der Waals surface area contributed by atoms with Crippen LogP contribution in [0.5, 0.6) is 0 Å². The Morgan fingerprint density at radius 3 is 2.58 bits per heavy atom. The highest BCUT2D eigenvalue weighted by Crippen LogP contribution is 2.19. The topological polar surface area (TPSA) is 56.7 Å². The SMILES string of the molecule is Cc1ccccc1C(C)NC(=NCC(=O)N(C)C)NC1CCCC1. The second kappa shape index (κ2) is 8.71. The van der Waals surface area contributed by atoms with E-state index >= 15 is 0 Å². The van der Waals surface area contributed by atoms with Crippen molar-refractivity contribution in [3.63, 3.8) is 0 Å². The highest BCUT2D eigenvalue weighted by molar-refractivity contribution is 5.85. The van der Waals surface area contributed by atoms with E-state index in [1.807, 2.05) is 6.07 Å². The molecule has 1 amide bonds. The van der Waals surface area contributed by atoms with Gasteiger partial charge in [0.25, 0.3) is 0 Å². The minimum Gasteiger partial charge on any atom is -0.354 e. The Balaban J connectivity index is 2.07. The quantitative estimate of drug-likeness (QED) is 0.644. The van der Waals surface area contributed by atoms with Crippen LogP contribution in [0.25, 0.3) is 0 Å². The molecule has 24 heavy (non-hydrogen) atoms. The van der Waals surface area contributed by atoms with Crippen molar-refractivity contribution in [1.82, 2.24) is 15.5 Å². The van der Waals surface area contributed by atoms with Gasteiger partial charge < -0.3 is 15.5 Å². The van der Waals surface area contributed by atoms with Gasteiger partial charge in [-0.15, -0.1) is 0 Å². The smallest absolute Gasteiger partial charge is 0.243 e. The molecule has 0 aliphatic heterocycles. The van der Waals surface area contributed by atoms with E-state index in [9.17, 15) is 4.79 Å². The minimum atomic E-state index is 0.00562. The van der Waals surface area contributed by atoms with Gasteiger partial charge in [-0.1, -0.05) is 37.1 Å². The fraction of sp³-hybridized carbons (Fsp3) is 0.579. The van der Waals surface area contributed by atoms with Gasteiger partial charge in [-0.3, -0.25) is 4.79 Å². The molecule has 0 saturated heterocycles. The number of aryl methyl sites for hydroxylation is 1. The van der Waals surface area contributed by atoms with E-state index in [0.717, 1.165) is 5.96 Å². The van der Waals surface area contributed by atoms with Gasteiger partial charge in [0.05, 0.1) is 6.04 Å². The van der Waals surface area contributed by atoms with E-state index < -0.39 is 0 Å². The molecule has 0 radical (unpaired) electrons. The van der Waals surface area contributed by atoms with Gasteiger partial charge in [0.1, 0.15) is 6.54 Å². The van der Waals surface area contributed by atoms with Crippen LogP contribution in [0.3, 0.4) is 0 Å². The summed E-state index contributed by atoms with van der Waals surface area (Å²) < 4.78 is 0. The number of likely N-dealkylation sites (N-methyl/N-ethyl adjacent to an activating group) is 1. The molecule has 5 heteroatoms. The molecule has 0 bridgehead atoms. The third kappa shape index (κ3) is 5.25. The van der Waals surface area contributed by atoms with Crippen molar-refractivity contribution < 1.29 is 4.79 Å². The second-order valence-corrected chi connectivity index (χ2v) is 6.80. The first kappa shape index (κ1) is 18.3. The molecule has 2 N–H and O–H groups in total. The Morgan fingerprint density at radius 1 is 1.29 bits per heavy atom. The lowest BCUT2D eigenvalue weighted by atomic mass is 10.0. The van der Waals surface area contributed by atoms with Crippen LogP contribution in [-0.2, 0) is 4.79 Å². The van der Waals surface area contributed by atoms with Crippen LogP contribution in [0.1, 0.15) is 49.8 Å². The van der Waals surface area contributed by atoms with Gasteiger partial charge in [0.15, 0.2) is 5.96 Å². The Morgan fingerprint density at radius 2 is 1.96 bits per heavy atom. The van der Waals surface area contributed by atoms with Crippen molar-refractivity contribution in [1.29, 1.82) is 0 Å². The summed E-state index contributed by atoms with van der Waals surface area (Å²) in [6.45, 7) is 4.40. The number of hydrogen-bond donors (Lipinski definition) is 2. The second-order valence-electron chi connectivity index (χ2n) is 6.80. The molecule has 1 atom stereocenters. The predicted molar refractivity (Wildman–Crippen MR) is 99.1 cm³/mol. The summed E-state index contributed by atoms with van der Waals surface area (Å²) in [5.74, 6) is 0.735. The highest BCUT2D eigenvalue weighted by Gasteiger charge is 2.18. The number of amides is 1. The monoisotopic (exact) mass is 330 g/mol. The zero-order valence-electron chi connectivity index (χ0n) is 15.3. The summed E-state index contributed by atoms with van der Waals surface area (Å²) in [5, 5.41) is 6.96. The maximum atomic E-state index is 11.9. The third-order valence-electron chi connectivity index (χ3n) is 4.58. The molecule has 1 aliphatic rings. The average Bonchev–Trinajstić information content (AvgIpc) is 3.05. The highest BCUT2D eigenvalue weighted by atomic mass is 16.2. The number of aliphatic imine (C=N–C) groups is 1. The normalized spacial score (nSPS) is 16.8. The Kier molecular flexibility index (Phi) is 6.64. The molecule has 0 spiro atoms. The first-order valence-electron chi connectivity index (χ1n) is 8.80. The molecule has 1 aromatic carbocycles. The molecule has 1 aliphatic carbocycles. The maximum absolute atomic E-state index is 11.9. The summed E-state index contributed by atoms with van der Waals surface area (Å²) in [4.78, 5) is 17.9. The Labute approximate surface area is 145 Å². The van der Waals surface area contributed by atoms with Gasteiger partial charge in [-0.25, -0.2) is 4.99 Å². The lowest BCUT2D eigenvalue weighted by molar-refractivity contribution is -0.127. The number of hydrogen-bond acceptors (Lipinski definition) is 2. The minimum absolute atomic E-state index is 0.00562. The largest absolute Gasteiger partial charge is 0.354 e. The molecular formula is C19H30N4O. The van der Waals surface area contributed by atoms with Crippen LogP contribution in [0.2, 0.25) is 0 Å². The number of carbonyl (C=O) groups excluding carboxylic acids is 1. The van der Waals surface area contributed by atoms with Gasteiger partial charge in [0, 0.05) is 20.1 Å². The van der Waals surface area contributed by atoms with Crippen molar-refractivity contribution in [2.45, 2.75) is 51.6 Å². The lowest BCUT2D eigenvalue weighted by Gasteiger charge is -2.23. The van der Waals surface area contributed by atoms with Crippen LogP contribution >= 0.6 is 0 Å². The van der Waals surface area contributed by atoms with E-state index in [0.29, 0.717) is 6.04 Å². The molecule has 1 aromatic rings. The summed E-state index contributed by atoms with van der Waals surface area (Å²) in [5.41, 5.74) is 2.50. The number of nitrogens with one attached hydrogen (secondary N) is 2. The maximum Gasteiger partial charge on any atom is 0.243 e. The fourth-order valence-electron chi connectivity index (χ4n) is 3.04. The zero-order chi connectivity index (χ0) is 17.5. The summed E-state index contributed by atoms with van der Waals surface area (Å²) in [6.07, 6.45) is 4.85. The van der Waals surface area contributed by atoms with Crippen LogP contribution in [0.4, 0.5) is 0 Å². The number of guanidine groups is 1. The average molecular weight is 330 g/mol. The van der Waals surface area contributed by atoms with Gasteiger partial charge in [-0.2, -0.15) is 0 Å². The van der Waals surface area contributed by atoms with Crippen LogP contribution < -0.4 is 10.6 Å². The van der Waals surface area contributed by atoms with Gasteiger partial charge >= 0.3 is 0 Å². The van der Waals surface area contributed by atoms with Crippen molar-refractivity contribution in [2.24, 2.45) is 4.99 Å². The van der Waals surface area contributed by atoms with Crippen LogP contribution in [0.15, 0.2) is 29.3 Å². The lowest BCUT2D eigenvalue weighted by Crippen LogP contribution is -2.44. The van der Waals surface area contributed by atoms with Crippen LogP contribution in [-0.4, -0.2) is 43.4 Å². The van der Waals surface area contributed by atoms with E-state index in [4.69, 9.17) is 0 Å². The molecule has 0 heterocycles. The summed E-state index contributed by atoms with van der Waals surface area (Å²) >= 11 is 0. The van der Waals surface area contributed by atoms with E-state index in [1.165, 1.54) is 36.8 Å². The molecular weight excluding hydrogens is 300 g/mol. The van der Waals surface area contributed by atoms with E-state index in [1.54, 1.807) is 19.0 Å². The van der Waals surface area contributed by atoms with E-state index in [-0.39, 0.29) is 18.5 Å². The summed E-state index contributed by atoms with van der Waals surface area (Å²) in [6, 6.07) is 8.93. The Bertz CT molecular complexity index is 576. The molecule has 1 saturated carbocycles. The van der Waals surface area contributed by atoms with E-state index in [2.05, 4.69) is 47.7 Å². The number of benzene rings is 1. The molecule has 1 unspecified atom stereocenters. The summed E-state index contributed by atoms with van der Waals surface area (Å²) in [7, 11) is 3.51. The molecule has 1 fully saturated rings. The number of rotatable bonds is 5. The number of nitrogens with zero attached hydrogens (tertiary/aromatic N) is 2. The zero-order valence-corrected chi connectivity index (χ0v) is 15.3. The van der Waals surface area contributed by atoms with Crippen LogP contribution in [0, 0.1) is 6.92 Å². The fourth-order valence-corrected chi connectivity index (χ4v) is 3.04. The Hall–Kier alpha value is -2.04. The van der Waals surface area contributed by atoms with Crippen molar-refractivity contribution in [2.75, 3.05) is 20.6 Å². The standard InChI is InChI=1S/C19H30N4O/c1-14-9-5-8-12-17(14)15(2)21-19(20-13-18(24)23(3)4)22-16-10-6-7-11-16/h5,8-9,12,15-16H,6-7,10-11,13H2,1-4H3,(H2,20,21,22). The number of carbonyl (C=O) groups is 1. The molecule has 0 aromatic heterocycles. The predicted octanol–water partition coefficient (Wildman–Crippen LogP) is 2.62. The molecule has 132 valence electrons. The third-order valence-corrected chi connectivity index (χ3v) is 4.58. The van der Waals surface area contributed by atoms with Gasteiger partial charge in [0.2, 0.25) is 5.91 Å². The molecule has 2 rings (SSSR count). The van der Waals surface area contributed by atoms with Gasteiger partial charge in [-0.05, 0) is 37.8 Å². The first-order chi connectivity index (χ1) is 11.5. The molecule has 5 nitrogen and oxygen atoms in total.